The number of aromatic nitrogens is 3. The Bertz CT molecular complexity index is 473. The van der Waals surface area contributed by atoms with Gasteiger partial charge >= 0.3 is 0 Å². The fourth-order valence-corrected chi connectivity index (χ4v) is 2.34. The molecule has 1 aliphatic rings. The molecule has 0 aliphatic heterocycles. The number of hydrogen-bond donors (Lipinski definition) is 0. The molecule has 2 aromatic heterocycles. The van der Waals surface area contributed by atoms with Gasteiger partial charge in [0.2, 0.25) is 0 Å². The first-order valence-corrected chi connectivity index (χ1v) is 5.64. The average Bonchev–Trinajstić information content (AvgIpc) is 2.43. The van der Waals surface area contributed by atoms with Crippen LogP contribution in [0.4, 0.5) is 0 Å². The van der Waals surface area contributed by atoms with Gasteiger partial charge in [0, 0.05) is 18.3 Å². The van der Waals surface area contributed by atoms with E-state index in [9.17, 15) is 0 Å². The van der Waals surface area contributed by atoms with Crippen LogP contribution in [0.2, 0.25) is 0 Å². The van der Waals surface area contributed by atoms with Gasteiger partial charge in [-0.05, 0) is 34.8 Å². The third kappa shape index (κ3) is 1.10. The summed E-state index contributed by atoms with van der Waals surface area (Å²) in [4.78, 5) is 8.82. The highest BCUT2D eigenvalue weighted by Crippen LogP contribution is 2.36. The average molecular weight is 252 g/mol. The molecule has 72 valence electrons. The minimum absolute atomic E-state index is 0.637. The summed E-state index contributed by atoms with van der Waals surface area (Å²) in [6.45, 7) is 0. The quantitative estimate of drug-likeness (QED) is 0.781. The van der Waals surface area contributed by atoms with E-state index in [1.165, 1.54) is 19.3 Å². The van der Waals surface area contributed by atoms with Crippen LogP contribution in [0.5, 0.6) is 0 Å². The van der Waals surface area contributed by atoms with Crippen molar-refractivity contribution in [3.8, 4) is 0 Å². The summed E-state index contributed by atoms with van der Waals surface area (Å²) in [7, 11) is 0. The van der Waals surface area contributed by atoms with Crippen LogP contribution in [0, 0.1) is 0 Å². The predicted molar refractivity (Wildman–Crippen MR) is 57.3 cm³/mol. The minimum Gasteiger partial charge on any atom is -0.287 e. The Labute approximate surface area is 90.3 Å². The number of imidazole rings is 1. The summed E-state index contributed by atoms with van der Waals surface area (Å²) in [5, 5.41) is 0. The molecule has 2 heterocycles. The zero-order valence-electron chi connectivity index (χ0n) is 7.65. The summed E-state index contributed by atoms with van der Waals surface area (Å²) in [5.74, 6) is 1.80. The van der Waals surface area contributed by atoms with Crippen LogP contribution in [0.3, 0.4) is 0 Å². The van der Waals surface area contributed by atoms with Crippen molar-refractivity contribution in [2.75, 3.05) is 0 Å². The van der Waals surface area contributed by atoms with Crippen molar-refractivity contribution in [2.24, 2.45) is 0 Å². The molecule has 14 heavy (non-hydrogen) atoms. The lowest BCUT2D eigenvalue weighted by molar-refractivity contribution is 0.400. The second-order valence-electron chi connectivity index (χ2n) is 3.70. The summed E-state index contributed by atoms with van der Waals surface area (Å²) in [5.41, 5.74) is 0.925. The number of halogens is 1. The number of rotatable bonds is 1. The van der Waals surface area contributed by atoms with Gasteiger partial charge in [0.1, 0.15) is 5.82 Å². The molecule has 0 radical (unpaired) electrons. The topological polar surface area (TPSA) is 30.2 Å². The van der Waals surface area contributed by atoms with Crippen LogP contribution in [0.1, 0.15) is 31.0 Å². The molecule has 0 N–H and O–H groups in total. The summed E-state index contributed by atoms with van der Waals surface area (Å²) in [6, 6.07) is 1.95. The van der Waals surface area contributed by atoms with Crippen LogP contribution in [0.15, 0.2) is 23.1 Å². The highest BCUT2D eigenvalue weighted by atomic mass is 79.9. The minimum atomic E-state index is 0.637. The van der Waals surface area contributed by atoms with Crippen molar-refractivity contribution in [1.29, 1.82) is 0 Å². The smallest absolute Gasteiger partial charge is 0.171 e. The Morgan fingerprint density at radius 1 is 1.43 bits per heavy atom. The standard InChI is InChI=1S/C10H10BrN3/c11-8-10-12-5-2-6-14(10)9(13-8)7-3-1-4-7/h2,5-7H,1,3-4H2. The van der Waals surface area contributed by atoms with Crippen molar-refractivity contribution >= 4 is 21.6 Å². The zero-order valence-corrected chi connectivity index (χ0v) is 9.24. The van der Waals surface area contributed by atoms with E-state index in [0.717, 1.165) is 16.1 Å². The third-order valence-electron chi connectivity index (χ3n) is 2.86. The second kappa shape index (κ2) is 3.05. The van der Waals surface area contributed by atoms with Crippen LogP contribution in [-0.2, 0) is 0 Å². The monoisotopic (exact) mass is 251 g/mol. The highest BCUT2D eigenvalue weighted by molar-refractivity contribution is 9.10. The van der Waals surface area contributed by atoms with Crippen LogP contribution >= 0.6 is 15.9 Å². The van der Waals surface area contributed by atoms with E-state index in [4.69, 9.17) is 0 Å². The molecule has 0 saturated heterocycles. The third-order valence-corrected chi connectivity index (χ3v) is 3.39. The Morgan fingerprint density at radius 3 is 3.00 bits per heavy atom. The van der Waals surface area contributed by atoms with Crippen molar-refractivity contribution in [1.82, 2.24) is 14.4 Å². The van der Waals surface area contributed by atoms with Crippen molar-refractivity contribution in [3.63, 3.8) is 0 Å². The largest absolute Gasteiger partial charge is 0.287 e. The first-order chi connectivity index (χ1) is 6.86. The maximum atomic E-state index is 4.53. The van der Waals surface area contributed by atoms with E-state index in [-0.39, 0.29) is 0 Å². The number of hydrogen-bond acceptors (Lipinski definition) is 2. The molecule has 0 bridgehead atoms. The van der Waals surface area contributed by atoms with Crippen molar-refractivity contribution < 1.29 is 0 Å². The lowest BCUT2D eigenvalue weighted by Crippen LogP contribution is -2.12. The van der Waals surface area contributed by atoms with Gasteiger partial charge in [-0.25, -0.2) is 9.97 Å². The van der Waals surface area contributed by atoms with Crippen molar-refractivity contribution in [2.45, 2.75) is 25.2 Å². The molecular weight excluding hydrogens is 242 g/mol. The summed E-state index contributed by atoms with van der Waals surface area (Å²) in [6.07, 6.45) is 7.69. The van der Waals surface area contributed by atoms with Crippen molar-refractivity contribution in [3.05, 3.63) is 28.9 Å². The molecule has 4 heteroatoms. The molecule has 0 unspecified atom stereocenters. The van der Waals surface area contributed by atoms with Gasteiger partial charge in [-0.15, -0.1) is 0 Å². The van der Waals surface area contributed by atoms with Crippen LogP contribution < -0.4 is 0 Å². The molecule has 1 saturated carbocycles. The lowest BCUT2D eigenvalue weighted by atomic mass is 9.85. The fourth-order valence-electron chi connectivity index (χ4n) is 1.87. The fraction of sp³-hybridized carbons (Fsp3) is 0.400. The van der Waals surface area contributed by atoms with Crippen LogP contribution in [0.25, 0.3) is 5.65 Å². The maximum Gasteiger partial charge on any atom is 0.171 e. The van der Waals surface area contributed by atoms with Gasteiger partial charge in [0.05, 0.1) is 0 Å². The van der Waals surface area contributed by atoms with E-state index >= 15 is 0 Å². The zero-order chi connectivity index (χ0) is 9.54. The Morgan fingerprint density at radius 2 is 2.29 bits per heavy atom. The predicted octanol–water partition coefficient (Wildman–Crippen LogP) is 2.76. The first kappa shape index (κ1) is 8.41. The second-order valence-corrected chi connectivity index (χ2v) is 4.45. The van der Waals surface area contributed by atoms with E-state index in [1.807, 2.05) is 12.3 Å². The Kier molecular flexibility index (Phi) is 1.83. The highest BCUT2D eigenvalue weighted by Gasteiger charge is 2.25. The Balaban J connectivity index is 2.23. The van der Waals surface area contributed by atoms with Gasteiger partial charge in [0.15, 0.2) is 10.3 Å². The van der Waals surface area contributed by atoms with Gasteiger partial charge < -0.3 is 0 Å². The number of fused-ring (bicyclic) bond motifs is 1. The molecule has 0 spiro atoms. The SMILES string of the molecule is Brc1nc(C2CCC2)n2cccnc12. The molecule has 0 aromatic carbocycles. The molecule has 0 atom stereocenters. The van der Waals surface area contributed by atoms with Crippen LogP contribution in [-0.4, -0.2) is 14.4 Å². The number of nitrogens with zero attached hydrogens (tertiary/aromatic N) is 3. The van der Waals surface area contributed by atoms with E-state index in [0.29, 0.717) is 5.92 Å². The normalized spacial score (nSPS) is 17.2. The molecule has 3 rings (SSSR count). The van der Waals surface area contributed by atoms with Gasteiger partial charge in [-0.1, -0.05) is 6.42 Å². The summed E-state index contributed by atoms with van der Waals surface area (Å²) >= 11 is 3.44. The molecular formula is C10H10BrN3. The lowest BCUT2D eigenvalue weighted by Gasteiger charge is -2.23. The first-order valence-electron chi connectivity index (χ1n) is 4.85. The van der Waals surface area contributed by atoms with Gasteiger partial charge in [0.25, 0.3) is 0 Å². The molecule has 1 fully saturated rings. The van der Waals surface area contributed by atoms with E-state index in [1.54, 1.807) is 6.20 Å². The van der Waals surface area contributed by atoms with Gasteiger partial charge in [-0.2, -0.15) is 0 Å². The summed E-state index contributed by atoms with van der Waals surface area (Å²) < 4.78 is 2.95. The van der Waals surface area contributed by atoms with E-state index in [2.05, 4.69) is 30.3 Å². The molecule has 1 aliphatic carbocycles. The maximum absolute atomic E-state index is 4.53. The van der Waals surface area contributed by atoms with Gasteiger partial charge in [-0.3, -0.25) is 4.40 Å². The molecule has 0 amide bonds. The Hall–Kier alpha value is -0.900. The molecule has 2 aromatic rings. The molecule has 3 nitrogen and oxygen atoms in total. The van der Waals surface area contributed by atoms with E-state index < -0.39 is 0 Å².